The van der Waals surface area contributed by atoms with E-state index in [0.29, 0.717) is 24.6 Å². The molecule has 0 aliphatic heterocycles. The van der Waals surface area contributed by atoms with Crippen LogP contribution in [0.2, 0.25) is 0 Å². The predicted octanol–water partition coefficient (Wildman–Crippen LogP) is 5.84. The maximum Gasteiger partial charge on any atom is 0.226 e. The molecule has 1 aromatic heterocycles. The largest absolute Gasteiger partial charge is 0.494 e. The van der Waals surface area contributed by atoms with Gasteiger partial charge in [-0.3, -0.25) is 4.79 Å². The Hall–Kier alpha value is -2.60. The van der Waals surface area contributed by atoms with Gasteiger partial charge in [0.2, 0.25) is 5.91 Å². The van der Waals surface area contributed by atoms with Crippen LogP contribution in [0.15, 0.2) is 42.5 Å². The number of anilines is 1. The van der Waals surface area contributed by atoms with Crippen LogP contribution in [0.4, 0.5) is 5.13 Å². The molecule has 3 rings (SSSR count). The molecular formula is C23H28N2O3S. The summed E-state index contributed by atoms with van der Waals surface area (Å²) in [7, 11) is 0. The fourth-order valence-corrected chi connectivity index (χ4v) is 3.72. The van der Waals surface area contributed by atoms with E-state index >= 15 is 0 Å². The van der Waals surface area contributed by atoms with Gasteiger partial charge in [0, 0.05) is 6.42 Å². The molecule has 0 bridgehead atoms. The van der Waals surface area contributed by atoms with Crippen LogP contribution in [-0.2, 0) is 11.2 Å². The highest BCUT2D eigenvalue weighted by molar-refractivity contribution is 7.22. The highest BCUT2D eigenvalue weighted by Gasteiger charge is 2.09. The maximum absolute atomic E-state index is 12.2. The first-order chi connectivity index (χ1) is 14.2. The fourth-order valence-electron chi connectivity index (χ4n) is 2.81. The number of hydrogen-bond acceptors (Lipinski definition) is 5. The van der Waals surface area contributed by atoms with Gasteiger partial charge in [-0.25, -0.2) is 4.98 Å². The summed E-state index contributed by atoms with van der Waals surface area (Å²) >= 11 is 1.46. The Morgan fingerprint density at radius 3 is 2.48 bits per heavy atom. The van der Waals surface area contributed by atoms with Crippen LogP contribution in [0.5, 0.6) is 11.5 Å². The molecule has 1 heterocycles. The van der Waals surface area contributed by atoms with E-state index in [1.165, 1.54) is 16.9 Å². The van der Waals surface area contributed by atoms with Gasteiger partial charge in [-0.2, -0.15) is 0 Å². The van der Waals surface area contributed by atoms with Gasteiger partial charge in [0.25, 0.3) is 0 Å². The second-order valence-electron chi connectivity index (χ2n) is 6.85. The summed E-state index contributed by atoms with van der Waals surface area (Å²) in [5.74, 6) is 1.63. The third kappa shape index (κ3) is 6.46. The van der Waals surface area contributed by atoms with Crippen molar-refractivity contribution in [1.82, 2.24) is 4.98 Å². The Balaban J connectivity index is 1.44. The van der Waals surface area contributed by atoms with Crippen LogP contribution < -0.4 is 14.8 Å². The normalized spacial score (nSPS) is 10.8. The number of nitrogens with one attached hydrogen (secondary N) is 1. The Bertz CT molecular complexity index is 922. The lowest BCUT2D eigenvalue weighted by atomic mass is 10.2. The van der Waals surface area contributed by atoms with Gasteiger partial charge < -0.3 is 14.8 Å². The average Bonchev–Trinajstić information content (AvgIpc) is 3.13. The lowest BCUT2D eigenvalue weighted by Crippen LogP contribution is -2.12. The number of aromatic nitrogens is 1. The molecule has 0 atom stereocenters. The predicted molar refractivity (Wildman–Crippen MR) is 119 cm³/mol. The molecule has 29 heavy (non-hydrogen) atoms. The van der Waals surface area contributed by atoms with Gasteiger partial charge >= 0.3 is 0 Å². The molecule has 6 heteroatoms. The van der Waals surface area contributed by atoms with E-state index in [2.05, 4.69) is 36.3 Å². The highest BCUT2D eigenvalue weighted by Crippen LogP contribution is 2.29. The van der Waals surface area contributed by atoms with Crippen molar-refractivity contribution in [2.45, 2.75) is 46.0 Å². The van der Waals surface area contributed by atoms with Gasteiger partial charge in [0.05, 0.1) is 23.4 Å². The zero-order chi connectivity index (χ0) is 20.5. The number of benzene rings is 2. The van der Waals surface area contributed by atoms with Crippen molar-refractivity contribution >= 4 is 32.6 Å². The summed E-state index contributed by atoms with van der Waals surface area (Å²) in [6.45, 7) is 5.49. The molecule has 5 nitrogen and oxygen atoms in total. The minimum absolute atomic E-state index is 0.0478. The van der Waals surface area contributed by atoms with E-state index < -0.39 is 0 Å². The van der Waals surface area contributed by atoms with Gasteiger partial charge in [-0.05, 0) is 55.2 Å². The Kier molecular flexibility index (Phi) is 7.87. The first-order valence-electron chi connectivity index (χ1n) is 10.2. The summed E-state index contributed by atoms with van der Waals surface area (Å²) in [6, 6.07) is 13.9. The van der Waals surface area contributed by atoms with E-state index in [0.717, 1.165) is 47.6 Å². The Labute approximate surface area is 176 Å². The van der Waals surface area contributed by atoms with Crippen molar-refractivity contribution < 1.29 is 14.3 Å². The number of hydrogen-bond donors (Lipinski definition) is 1. The number of thiazole rings is 1. The van der Waals surface area contributed by atoms with Gasteiger partial charge in [0.15, 0.2) is 5.13 Å². The minimum Gasteiger partial charge on any atom is -0.494 e. The Morgan fingerprint density at radius 1 is 1.00 bits per heavy atom. The van der Waals surface area contributed by atoms with Crippen molar-refractivity contribution in [3.05, 3.63) is 48.0 Å². The van der Waals surface area contributed by atoms with Crippen LogP contribution in [0.25, 0.3) is 10.2 Å². The third-order valence-corrected chi connectivity index (χ3v) is 5.45. The lowest BCUT2D eigenvalue weighted by molar-refractivity contribution is -0.116. The van der Waals surface area contributed by atoms with Crippen molar-refractivity contribution in [2.24, 2.45) is 0 Å². The molecule has 0 radical (unpaired) electrons. The first kappa shape index (κ1) is 21.1. The molecule has 2 aromatic carbocycles. The molecule has 0 aliphatic rings. The zero-order valence-electron chi connectivity index (χ0n) is 17.1. The SMILES string of the molecule is CCCCOc1ccc2nc(NC(=O)CCCOc3ccc(CC)cc3)sc2c1. The minimum atomic E-state index is -0.0478. The molecule has 0 spiro atoms. The molecule has 1 amide bonds. The summed E-state index contributed by atoms with van der Waals surface area (Å²) < 4.78 is 12.4. The molecule has 0 unspecified atom stereocenters. The average molecular weight is 413 g/mol. The third-order valence-electron chi connectivity index (χ3n) is 4.52. The molecule has 0 saturated heterocycles. The number of fused-ring (bicyclic) bond motifs is 1. The van der Waals surface area contributed by atoms with E-state index in [-0.39, 0.29) is 5.91 Å². The van der Waals surface area contributed by atoms with Gasteiger partial charge in [0.1, 0.15) is 11.5 Å². The maximum atomic E-state index is 12.2. The topological polar surface area (TPSA) is 60.5 Å². The van der Waals surface area contributed by atoms with E-state index in [1.807, 2.05) is 30.3 Å². The number of carbonyl (C=O) groups excluding carboxylic acids is 1. The van der Waals surface area contributed by atoms with Crippen LogP contribution in [0.1, 0.15) is 45.1 Å². The number of nitrogens with zero attached hydrogens (tertiary/aromatic N) is 1. The lowest BCUT2D eigenvalue weighted by Gasteiger charge is -2.06. The van der Waals surface area contributed by atoms with Crippen LogP contribution >= 0.6 is 11.3 Å². The Morgan fingerprint density at radius 2 is 1.72 bits per heavy atom. The van der Waals surface area contributed by atoms with E-state index in [1.54, 1.807) is 0 Å². The number of carbonyl (C=O) groups is 1. The van der Waals surface area contributed by atoms with Gasteiger partial charge in [-0.1, -0.05) is 43.7 Å². The van der Waals surface area contributed by atoms with Crippen LogP contribution in [-0.4, -0.2) is 24.1 Å². The van der Waals surface area contributed by atoms with E-state index in [9.17, 15) is 4.79 Å². The van der Waals surface area contributed by atoms with E-state index in [4.69, 9.17) is 9.47 Å². The fraction of sp³-hybridized carbons (Fsp3) is 0.391. The number of unbranched alkanes of at least 4 members (excludes halogenated alkanes) is 1. The molecule has 154 valence electrons. The number of ether oxygens (including phenoxy) is 2. The standard InChI is InChI=1S/C23H28N2O3S/c1-3-5-14-28-19-12-13-20-21(16-19)29-23(24-20)25-22(26)7-6-15-27-18-10-8-17(4-2)9-11-18/h8-13,16H,3-7,14-15H2,1-2H3,(H,24,25,26). The molecular weight excluding hydrogens is 384 g/mol. The van der Waals surface area contributed by atoms with Crippen LogP contribution in [0, 0.1) is 0 Å². The van der Waals surface area contributed by atoms with Crippen LogP contribution in [0.3, 0.4) is 0 Å². The summed E-state index contributed by atoms with van der Waals surface area (Å²) in [6.07, 6.45) is 4.21. The highest BCUT2D eigenvalue weighted by atomic mass is 32.1. The van der Waals surface area contributed by atoms with Crippen molar-refractivity contribution in [3.8, 4) is 11.5 Å². The monoisotopic (exact) mass is 412 g/mol. The van der Waals surface area contributed by atoms with Crippen molar-refractivity contribution in [2.75, 3.05) is 18.5 Å². The van der Waals surface area contributed by atoms with Gasteiger partial charge in [-0.15, -0.1) is 0 Å². The smallest absolute Gasteiger partial charge is 0.226 e. The molecule has 3 aromatic rings. The zero-order valence-corrected chi connectivity index (χ0v) is 17.9. The first-order valence-corrected chi connectivity index (χ1v) is 11.0. The summed E-state index contributed by atoms with van der Waals surface area (Å²) in [5, 5.41) is 3.51. The second-order valence-corrected chi connectivity index (χ2v) is 7.88. The number of aryl methyl sites for hydroxylation is 1. The van der Waals surface area contributed by atoms with Crippen molar-refractivity contribution in [3.63, 3.8) is 0 Å². The summed E-state index contributed by atoms with van der Waals surface area (Å²) in [4.78, 5) is 16.7. The number of rotatable bonds is 11. The summed E-state index contributed by atoms with van der Waals surface area (Å²) in [5.41, 5.74) is 2.15. The number of amides is 1. The quantitative estimate of drug-likeness (QED) is 0.402. The molecule has 0 fully saturated rings. The molecule has 1 N–H and O–H groups in total. The molecule has 0 saturated carbocycles. The van der Waals surface area contributed by atoms with Crippen molar-refractivity contribution in [1.29, 1.82) is 0 Å². The second kappa shape index (κ2) is 10.8. The molecule has 0 aliphatic carbocycles.